The number of hydrogen-bond acceptors (Lipinski definition) is 3. The lowest BCUT2D eigenvalue weighted by atomic mass is 10.3. The van der Waals surface area contributed by atoms with Crippen molar-refractivity contribution in [3.63, 3.8) is 0 Å². The summed E-state index contributed by atoms with van der Waals surface area (Å²) in [7, 11) is 1.95. The van der Waals surface area contributed by atoms with Gasteiger partial charge >= 0.3 is 0 Å². The van der Waals surface area contributed by atoms with Crippen molar-refractivity contribution in [2.45, 2.75) is 37.5 Å². The summed E-state index contributed by atoms with van der Waals surface area (Å²) in [6, 6.07) is 0.550. The van der Waals surface area contributed by atoms with Gasteiger partial charge in [-0.1, -0.05) is 6.92 Å². The standard InChI is InChI=1S/C12H22N2OS/c1-3-11-8-14(6-7-16-11)9-12(15)13(2)10-4-5-10/h10-11H,3-9H2,1-2H3/t11-/m0/s1. The molecular weight excluding hydrogens is 220 g/mol. The average molecular weight is 242 g/mol. The van der Waals surface area contributed by atoms with Crippen molar-refractivity contribution in [1.29, 1.82) is 0 Å². The van der Waals surface area contributed by atoms with Crippen LogP contribution < -0.4 is 0 Å². The minimum Gasteiger partial charge on any atom is -0.342 e. The molecule has 1 amide bonds. The molecule has 0 unspecified atom stereocenters. The summed E-state index contributed by atoms with van der Waals surface area (Å²) in [5.41, 5.74) is 0. The number of amides is 1. The number of carbonyl (C=O) groups is 1. The van der Waals surface area contributed by atoms with Crippen LogP contribution in [0.3, 0.4) is 0 Å². The quantitative estimate of drug-likeness (QED) is 0.745. The van der Waals surface area contributed by atoms with Crippen LogP contribution >= 0.6 is 11.8 Å². The SMILES string of the molecule is CC[C@H]1CN(CC(=O)N(C)C2CC2)CCS1. The van der Waals surface area contributed by atoms with Crippen LogP contribution in [-0.2, 0) is 4.79 Å². The van der Waals surface area contributed by atoms with Crippen LogP contribution in [0.4, 0.5) is 0 Å². The molecule has 2 rings (SSSR count). The molecule has 1 saturated heterocycles. The maximum Gasteiger partial charge on any atom is 0.236 e. The third-order valence-electron chi connectivity index (χ3n) is 3.53. The zero-order valence-electron chi connectivity index (χ0n) is 10.3. The molecule has 1 aliphatic carbocycles. The van der Waals surface area contributed by atoms with Gasteiger partial charge in [0.15, 0.2) is 0 Å². The first-order valence-corrected chi connectivity index (χ1v) is 7.35. The van der Waals surface area contributed by atoms with Crippen LogP contribution in [0.1, 0.15) is 26.2 Å². The highest BCUT2D eigenvalue weighted by Gasteiger charge is 2.30. The second-order valence-electron chi connectivity index (χ2n) is 4.87. The Balaban J connectivity index is 1.77. The number of carbonyl (C=O) groups excluding carboxylic acids is 1. The lowest BCUT2D eigenvalue weighted by molar-refractivity contribution is -0.131. The summed E-state index contributed by atoms with van der Waals surface area (Å²) in [4.78, 5) is 16.2. The van der Waals surface area contributed by atoms with Crippen molar-refractivity contribution < 1.29 is 4.79 Å². The molecule has 0 radical (unpaired) electrons. The highest BCUT2D eigenvalue weighted by atomic mass is 32.2. The fourth-order valence-corrected chi connectivity index (χ4v) is 3.39. The molecular formula is C12H22N2OS. The second-order valence-corrected chi connectivity index (χ2v) is 6.28. The first-order chi connectivity index (χ1) is 7.70. The molecule has 0 spiro atoms. The molecule has 1 atom stereocenters. The summed E-state index contributed by atoms with van der Waals surface area (Å²) >= 11 is 2.05. The van der Waals surface area contributed by atoms with Crippen molar-refractivity contribution in [2.24, 2.45) is 0 Å². The van der Waals surface area contributed by atoms with Crippen LogP contribution in [0, 0.1) is 0 Å². The summed E-state index contributed by atoms with van der Waals surface area (Å²) in [6.45, 7) is 5.03. The van der Waals surface area contributed by atoms with E-state index >= 15 is 0 Å². The van der Waals surface area contributed by atoms with Gasteiger partial charge in [-0.05, 0) is 19.3 Å². The predicted molar refractivity (Wildman–Crippen MR) is 68.8 cm³/mol. The molecule has 16 heavy (non-hydrogen) atoms. The van der Waals surface area contributed by atoms with E-state index in [0.717, 1.165) is 18.3 Å². The van der Waals surface area contributed by atoms with E-state index in [-0.39, 0.29) is 0 Å². The maximum atomic E-state index is 12.0. The molecule has 0 aromatic carbocycles. The van der Waals surface area contributed by atoms with E-state index in [1.807, 2.05) is 11.9 Å². The molecule has 2 aliphatic rings. The molecule has 2 fully saturated rings. The minimum absolute atomic E-state index is 0.309. The third-order valence-corrected chi connectivity index (χ3v) is 4.90. The van der Waals surface area contributed by atoms with E-state index in [9.17, 15) is 4.79 Å². The Labute approximate surface area is 103 Å². The van der Waals surface area contributed by atoms with Gasteiger partial charge < -0.3 is 4.90 Å². The smallest absolute Gasteiger partial charge is 0.236 e. The van der Waals surface area contributed by atoms with Gasteiger partial charge in [0, 0.05) is 37.2 Å². The van der Waals surface area contributed by atoms with Crippen molar-refractivity contribution in [1.82, 2.24) is 9.80 Å². The topological polar surface area (TPSA) is 23.6 Å². The Morgan fingerprint density at radius 2 is 2.25 bits per heavy atom. The van der Waals surface area contributed by atoms with E-state index in [0.29, 0.717) is 18.5 Å². The van der Waals surface area contributed by atoms with Crippen LogP contribution in [0.2, 0.25) is 0 Å². The summed E-state index contributed by atoms with van der Waals surface area (Å²) in [5, 5.41) is 0.729. The zero-order valence-corrected chi connectivity index (χ0v) is 11.1. The second kappa shape index (κ2) is 5.41. The zero-order chi connectivity index (χ0) is 11.5. The van der Waals surface area contributed by atoms with Crippen LogP contribution in [0.5, 0.6) is 0 Å². The molecule has 92 valence electrons. The lowest BCUT2D eigenvalue weighted by Crippen LogP contribution is -2.44. The average Bonchev–Trinajstić information content (AvgIpc) is 3.12. The molecule has 3 nitrogen and oxygen atoms in total. The highest BCUT2D eigenvalue weighted by Crippen LogP contribution is 2.26. The Bertz CT molecular complexity index is 255. The Hall–Kier alpha value is -0.220. The van der Waals surface area contributed by atoms with Gasteiger partial charge in [0.25, 0.3) is 0 Å². The van der Waals surface area contributed by atoms with Gasteiger partial charge in [0.2, 0.25) is 5.91 Å². The van der Waals surface area contributed by atoms with Gasteiger partial charge in [0.1, 0.15) is 0 Å². The van der Waals surface area contributed by atoms with Gasteiger partial charge in [-0.25, -0.2) is 0 Å². The molecule has 4 heteroatoms. The van der Waals surface area contributed by atoms with E-state index in [1.165, 1.54) is 25.0 Å². The molecule has 0 bridgehead atoms. The Morgan fingerprint density at radius 3 is 2.88 bits per heavy atom. The molecule has 1 aliphatic heterocycles. The van der Waals surface area contributed by atoms with Crippen molar-refractivity contribution in [3.05, 3.63) is 0 Å². The summed E-state index contributed by atoms with van der Waals surface area (Å²) in [6.07, 6.45) is 3.62. The number of thioether (sulfide) groups is 1. The van der Waals surface area contributed by atoms with Crippen LogP contribution in [-0.4, -0.2) is 59.4 Å². The first-order valence-electron chi connectivity index (χ1n) is 6.30. The van der Waals surface area contributed by atoms with Crippen molar-refractivity contribution >= 4 is 17.7 Å². The first kappa shape index (κ1) is 12.2. The van der Waals surface area contributed by atoms with Gasteiger partial charge in [-0.15, -0.1) is 0 Å². The lowest BCUT2D eigenvalue weighted by Gasteiger charge is -2.32. The predicted octanol–water partition coefficient (Wildman–Crippen LogP) is 1.43. The molecule has 0 aromatic rings. The number of likely N-dealkylation sites (N-methyl/N-ethyl adjacent to an activating group) is 1. The monoisotopic (exact) mass is 242 g/mol. The summed E-state index contributed by atoms with van der Waals surface area (Å²) < 4.78 is 0. The van der Waals surface area contributed by atoms with Crippen molar-refractivity contribution in [2.75, 3.05) is 32.4 Å². The Kier molecular flexibility index (Phi) is 4.14. The van der Waals surface area contributed by atoms with E-state index < -0.39 is 0 Å². The van der Waals surface area contributed by atoms with E-state index in [4.69, 9.17) is 0 Å². The fraction of sp³-hybridized carbons (Fsp3) is 0.917. The van der Waals surface area contributed by atoms with Crippen molar-refractivity contribution in [3.8, 4) is 0 Å². The summed E-state index contributed by atoms with van der Waals surface area (Å²) in [5.74, 6) is 1.49. The van der Waals surface area contributed by atoms with Crippen LogP contribution in [0.15, 0.2) is 0 Å². The fourth-order valence-electron chi connectivity index (χ4n) is 2.14. The normalized spacial score (nSPS) is 26.8. The number of rotatable bonds is 4. The van der Waals surface area contributed by atoms with Gasteiger partial charge in [-0.3, -0.25) is 9.69 Å². The molecule has 0 N–H and O–H groups in total. The molecule has 1 saturated carbocycles. The third kappa shape index (κ3) is 3.14. The molecule has 1 heterocycles. The van der Waals surface area contributed by atoms with Gasteiger partial charge in [0.05, 0.1) is 6.54 Å². The highest BCUT2D eigenvalue weighted by molar-refractivity contribution is 8.00. The van der Waals surface area contributed by atoms with E-state index in [1.54, 1.807) is 0 Å². The Morgan fingerprint density at radius 1 is 1.50 bits per heavy atom. The van der Waals surface area contributed by atoms with E-state index in [2.05, 4.69) is 23.6 Å². The molecule has 0 aromatic heterocycles. The van der Waals surface area contributed by atoms with Crippen LogP contribution in [0.25, 0.3) is 0 Å². The number of nitrogens with zero attached hydrogens (tertiary/aromatic N) is 2. The number of hydrogen-bond donors (Lipinski definition) is 0. The largest absolute Gasteiger partial charge is 0.342 e. The maximum absolute atomic E-state index is 12.0. The van der Waals surface area contributed by atoms with Gasteiger partial charge in [-0.2, -0.15) is 11.8 Å². The minimum atomic E-state index is 0.309.